The summed E-state index contributed by atoms with van der Waals surface area (Å²) in [6.45, 7) is 8.23. The minimum atomic E-state index is 0.456. The Balaban J connectivity index is 2.81. The monoisotopic (exact) mass is 259 g/mol. The quantitative estimate of drug-likeness (QED) is 0.816. The van der Waals surface area contributed by atoms with E-state index in [0.29, 0.717) is 6.04 Å². The average Bonchev–Trinajstić information content (AvgIpc) is 2.42. The van der Waals surface area contributed by atoms with Crippen molar-refractivity contribution in [3.63, 3.8) is 0 Å². The van der Waals surface area contributed by atoms with Crippen molar-refractivity contribution in [2.24, 2.45) is 0 Å². The number of nitrogens with one attached hydrogen (secondary N) is 1. The molecule has 1 aromatic carbocycles. The van der Waals surface area contributed by atoms with Crippen LogP contribution in [0.5, 0.6) is 0 Å². The van der Waals surface area contributed by atoms with Gasteiger partial charge >= 0.3 is 0 Å². The van der Waals surface area contributed by atoms with Crippen molar-refractivity contribution in [1.29, 1.82) is 5.26 Å². The van der Waals surface area contributed by atoms with Crippen molar-refractivity contribution < 1.29 is 0 Å². The Kier molecular flexibility index (Phi) is 6.38. The van der Waals surface area contributed by atoms with Gasteiger partial charge in [0.15, 0.2) is 0 Å². The molecule has 1 rings (SSSR count). The minimum absolute atomic E-state index is 0.456. The van der Waals surface area contributed by atoms with Gasteiger partial charge in [0.25, 0.3) is 0 Å². The number of rotatable bonds is 7. The fourth-order valence-electron chi connectivity index (χ4n) is 1.95. The van der Waals surface area contributed by atoms with E-state index in [4.69, 9.17) is 0 Å². The SMILES string of the molecule is CCCCN(C)c1ccc(CNC(C)C)cc1C#N. The van der Waals surface area contributed by atoms with E-state index in [1.54, 1.807) is 0 Å². The van der Waals surface area contributed by atoms with Crippen LogP contribution in [-0.2, 0) is 6.54 Å². The molecule has 0 spiro atoms. The smallest absolute Gasteiger partial charge is 0.101 e. The van der Waals surface area contributed by atoms with E-state index >= 15 is 0 Å². The molecule has 19 heavy (non-hydrogen) atoms. The molecular formula is C16H25N3. The molecule has 0 fully saturated rings. The van der Waals surface area contributed by atoms with Gasteiger partial charge < -0.3 is 10.2 Å². The highest BCUT2D eigenvalue weighted by molar-refractivity contribution is 5.60. The number of nitriles is 1. The number of hydrogen-bond donors (Lipinski definition) is 1. The third kappa shape index (κ3) is 4.92. The van der Waals surface area contributed by atoms with Crippen LogP contribution in [0.4, 0.5) is 5.69 Å². The van der Waals surface area contributed by atoms with Crippen LogP contribution in [0.15, 0.2) is 18.2 Å². The molecule has 0 radical (unpaired) electrons. The lowest BCUT2D eigenvalue weighted by Crippen LogP contribution is -2.22. The van der Waals surface area contributed by atoms with E-state index in [1.807, 2.05) is 6.07 Å². The molecule has 0 heterocycles. The fraction of sp³-hybridized carbons (Fsp3) is 0.562. The molecule has 0 aromatic heterocycles. The van der Waals surface area contributed by atoms with E-state index < -0.39 is 0 Å². The Morgan fingerprint density at radius 3 is 2.68 bits per heavy atom. The highest BCUT2D eigenvalue weighted by Crippen LogP contribution is 2.21. The molecule has 0 amide bonds. The number of benzene rings is 1. The maximum Gasteiger partial charge on any atom is 0.101 e. The third-order valence-corrected chi connectivity index (χ3v) is 3.15. The van der Waals surface area contributed by atoms with Gasteiger partial charge in [-0.1, -0.05) is 33.3 Å². The van der Waals surface area contributed by atoms with Crippen molar-refractivity contribution >= 4 is 5.69 Å². The molecule has 0 aliphatic carbocycles. The van der Waals surface area contributed by atoms with Crippen molar-refractivity contribution in [2.45, 2.75) is 46.2 Å². The molecule has 0 atom stereocenters. The number of nitrogens with zero attached hydrogens (tertiary/aromatic N) is 2. The second kappa shape index (κ2) is 7.81. The molecule has 104 valence electrons. The van der Waals surface area contributed by atoms with Crippen LogP contribution in [0.3, 0.4) is 0 Å². The predicted molar refractivity (Wildman–Crippen MR) is 81.3 cm³/mol. The van der Waals surface area contributed by atoms with Gasteiger partial charge in [0.2, 0.25) is 0 Å². The van der Waals surface area contributed by atoms with Gasteiger partial charge in [-0.2, -0.15) is 5.26 Å². The molecule has 1 aromatic rings. The zero-order chi connectivity index (χ0) is 14.3. The third-order valence-electron chi connectivity index (χ3n) is 3.15. The van der Waals surface area contributed by atoms with Gasteiger partial charge in [-0.25, -0.2) is 0 Å². The van der Waals surface area contributed by atoms with Crippen LogP contribution in [0.25, 0.3) is 0 Å². The van der Waals surface area contributed by atoms with E-state index in [9.17, 15) is 5.26 Å². The first-order chi connectivity index (χ1) is 9.08. The number of unbranched alkanes of at least 4 members (excludes halogenated alkanes) is 1. The number of hydrogen-bond acceptors (Lipinski definition) is 3. The van der Waals surface area contributed by atoms with Gasteiger partial charge in [0.1, 0.15) is 6.07 Å². The molecular weight excluding hydrogens is 234 g/mol. The summed E-state index contributed by atoms with van der Waals surface area (Å²) < 4.78 is 0. The Labute approximate surface area is 117 Å². The van der Waals surface area contributed by atoms with Crippen molar-refractivity contribution in [1.82, 2.24) is 5.32 Å². The summed E-state index contributed by atoms with van der Waals surface area (Å²) in [5, 5.41) is 12.7. The van der Waals surface area contributed by atoms with Crippen molar-refractivity contribution in [3.8, 4) is 6.07 Å². The van der Waals surface area contributed by atoms with Gasteiger partial charge in [-0.3, -0.25) is 0 Å². The lowest BCUT2D eigenvalue weighted by Gasteiger charge is -2.21. The Morgan fingerprint density at radius 2 is 2.11 bits per heavy atom. The first-order valence-electron chi connectivity index (χ1n) is 7.06. The normalized spacial score (nSPS) is 10.5. The summed E-state index contributed by atoms with van der Waals surface area (Å²) >= 11 is 0. The lowest BCUT2D eigenvalue weighted by molar-refractivity contribution is 0.589. The van der Waals surface area contributed by atoms with Crippen LogP contribution in [0.1, 0.15) is 44.7 Å². The largest absolute Gasteiger partial charge is 0.374 e. The molecule has 0 bridgehead atoms. The molecule has 0 aliphatic heterocycles. The average molecular weight is 259 g/mol. The molecule has 3 nitrogen and oxygen atoms in total. The van der Waals surface area contributed by atoms with Crippen LogP contribution in [0.2, 0.25) is 0 Å². The first kappa shape index (κ1) is 15.5. The zero-order valence-corrected chi connectivity index (χ0v) is 12.5. The topological polar surface area (TPSA) is 39.1 Å². The van der Waals surface area contributed by atoms with E-state index in [-0.39, 0.29) is 0 Å². The molecule has 0 unspecified atom stereocenters. The van der Waals surface area contributed by atoms with Crippen LogP contribution < -0.4 is 10.2 Å². The maximum atomic E-state index is 9.30. The molecule has 0 aliphatic rings. The minimum Gasteiger partial charge on any atom is -0.374 e. The van der Waals surface area contributed by atoms with Gasteiger partial charge in [0.05, 0.1) is 11.3 Å². The summed E-state index contributed by atoms with van der Waals surface area (Å²) in [4.78, 5) is 2.17. The summed E-state index contributed by atoms with van der Waals surface area (Å²) in [5.41, 5.74) is 2.96. The van der Waals surface area contributed by atoms with Crippen molar-refractivity contribution in [3.05, 3.63) is 29.3 Å². The highest BCUT2D eigenvalue weighted by atomic mass is 15.1. The van der Waals surface area contributed by atoms with E-state index in [1.165, 1.54) is 6.42 Å². The summed E-state index contributed by atoms with van der Waals surface area (Å²) in [5.74, 6) is 0. The Hall–Kier alpha value is -1.53. The van der Waals surface area contributed by atoms with Crippen molar-refractivity contribution in [2.75, 3.05) is 18.5 Å². The zero-order valence-electron chi connectivity index (χ0n) is 12.5. The van der Waals surface area contributed by atoms with E-state index in [0.717, 1.165) is 36.3 Å². The lowest BCUT2D eigenvalue weighted by atomic mass is 10.1. The molecule has 0 saturated heterocycles. The fourth-order valence-corrected chi connectivity index (χ4v) is 1.95. The van der Waals surface area contributed by atoms with Crippen LogP contribution in [-0.4, -0.2) is 19.6 Å². The van der Waals surface area contributed by atoms with Gasteiger partial charge in [-0.15, -0.1) is 0 Å². The molecule has 3 heteroatoms. The Morgan fingerprint density at radius 1 is 1.37 bits per heavy atom. The Bertz CT molecular complexity index is 432. The predicted octanol–water partition coefficient (Wildman–Crippen LogP) is 3.29. The second-order valence-corrected chi connectivity index (χ2v) is 5.27. The second-order valence-electron chi connectivity index (χ2n) is 5.27. The summed E-state index contributed by atoms with van der Waals surface area (Å²) in [6.07, 6.45) is 2.32. The van der Waals surface area contributed by atoms with Crippen LogP contribution >= 0.6 is 0 Å². The van der Waals surface area contributed by atoms with Gasteiger partial charge in [-0.05, 0) is 24.1 Å². The summed E-state index contributed by atoms with van der Waals surface area (Å²) in [6, 6.07) is 8.93. The molecule has 1 N–H and O–H groups in total. The number of anilines is 1. The first-order valence-corrected chi connectivity index (χ1v) is 7.06. The van der Waals surface area contributed by atoms with Crippen LogP contribution in [0, 0.1) is 11.3 Å². The molecule has 0 saturated carbocycles. The van der Waals surface area contributed by atoms with E-state index in [2.05, 4.69) is 56.2 Å². The highest BCUT2D eigenvalue weighted by Gasteiger charge is 2.08. The maximum absolute atomic E-state index is 9.30. The van der Waals surface area contributed by atoms with Gasteiger partial charge in [0, 0.05) is 26.2 Å². The summed E-state index contributed by atoms with van der Waals surface area (Å²) in [7, 11) is 2.05. The standard InChI is InChI=1S/C16H25N3/c1-5-6-9-19(4)16-8-7-14(10-15(16)11-17)12-18-13(2)3/h7-8,10,13,18H,5-6,9,12H2,1-4H3.